The van der Waals surface area contributed by atoms with Gasteiger partial charge in [-0.2, -0.15) is 4.98 Å². The van der Waals surface area contributed by atoms with Crippen molar-refractivity contribution in [2.45, 2.75) is 38.8 Å². The lowest BCUT2D eigenvalue weighted by Gasteiger charge is -2.23. The molecule has 1 fully saturated rings. The minimum absolute atomic E-state index is 0.340. The third kappa shape index (κ3) is 3.32. The van der Waals surface area contributed by atoms with Crippen molar-refractivity contribution < 1.29 is 14.0 Å². The number of likely N-dealkylation sites (tertiary alicyclic amines) is 1. The minimum atomic E-state index is 0.340. The Morgan fingerprint density at radius 1 is 1.26 bits per heavy atom. The van der Waals surface area contributed by atoms with Crippen LogP contribution in [0.15, 0.2) is 22.7 Å². The molecule has 0 N–H and O–H groups in total. The Bertz CT molecular complexity index is 656. The van der Waals surface area contributed by atoms with Gasteiger partial charge in [0.25, 0.3) is 0 Å². The number of rotatable bonds is 6. The van der Waals surface area contributed by atoms with Crippen LogP contribution in [0.25, 0.3) is 0 Å². The summed E-state index contributed by atoms with van der Waals surface area (Å²) in [5.74, 6) is 2.98. The molecule has 3 rings (SSSR count). The van der Waals surface area contributed by atoms with Crippen molar-refractivity contribution >= 4 is 0 Å². The number of ether oxygens (including phenoxy) is 2. The van der Waals surface area contributed by atoms with Crippen LogP contribution in [0.4, 0.5) is 0 Å². The summed E-state index contributed by atoms with van der Waals surface area (Å²) in [6.45, 7) is 3.74. The van der Waals surface area contributed by atoms with Crippen LogP contribution in [-0.4, -0.2) is 35.8 Å². The van der Waals surface area contributed by atoms with Crippen LogP contribution >= 0.6 is 0 Å². The average Bonchev–Trinajstić information content (AvgIpc) is 3.23. The fourth-order valence-electron chi connectivity index (χ4n) is 3.12. The fourth-order valence-corrected chi connectivity index (χ4v) is 3.12. The number of aromatic nitrogens is 2. The zero-order chi connectivity index (χ0) is 16.2. The smallest absolute Gasteiger partial charge is 0.240 e. The molecular formula is C17H23N3O3. The number of aryl methyl sites for hydroxylation is 1. The maximum absolute atomic E-state index is 5.42. The highest BCUT2D eigenvalue weighted by molar-refractivity contribution is 5.44. The molecule has 124 valence electrons. The van der Waals surface area contributed by atoms with Gasteiger partial charge >= 0.3 is 0 Å². The van der Waals surface area contributed by atoms with Crippen LogP contribution in [-0.2, 0) is 13.0 Å². The van der Waals surface area contributed by atoms with Crippen molar-refractivity contribution in [2.75, 3.05) is 20.8 Å². The van der Waals surface area contributed by atoms with Gasteiger partial charge in [-0.1, -0.05) is 18.1 Å². The van der Waals surface area contributed by atoms with Gasteiger partial charge in [0.1, 0.15) is 0 Å². The van der Waals surface area contributed by atoms with Crippen LogP contribution in [0.3, 0.4) is 0 Å². The van der Waals surface area contributed by atoms with E-state index in [9.17, 15) is 0 Å². The van der Waals surface area contributed by atoms with Gasteiger partial charge < -0.3 is 14.0 Å². The number of benzene rings is 1. The second-order valence-corrected chi connectivity index (χ2v) is 5.70. The summed E-state index contributed by atoms with van der Waals surface area (Å²) in [4.78, 5) is 6.80. The van der Waals surface area contributed by atoms with Crippen LogP contribution in [0, 0.1) is 0 Å². The third-order valence-corrected chi connectivity index (χ3v) is 4.32. The molecule has 6 heteroatoms. The molecule has 1 aliphatic rings. The van der Waals surface area contributed by atoms with E-state index in [1.807, 2.05) is 13.0 Å². The average molecular weight is 317 g/mol. The standard InChI is InChI=1S/C17H23N3O3/c1-4-16-18-17(23-19-16)11-20-9-5-6-13(20)12-7-8-14(21-2)15(10-12)22-3/h7-8,10,13H,4-6,9,11H2,1-3H3/t13-/m1/s1. The van der Waals surface area contributed by atoms with E-state index in [-0.39, 0.29) is 0 Å². The van der Waals surface area contributed by atoms with Crippen molar-refractivity contribution in [3.05, 3.63) is 35.5 Å². The van der Waals surface area contributed by atoms with E-state index in [1.54, 1.807) is 14.2 Å². The molecule has 1 aliphatic heterocycles. The highest BCUT2D eigenvalue weighted by atomic mass is 16.5. The second kappa shape index (κ2) is 7.00. The van der Waals surface area contributed by atoms with Gasteiger partial charge in [-0.05, 0) is 37.1 Å². The first kappa shape index (κ1) is 15.8. The molecular weight excluding hydrogens is 294 g/mol. The Morgan fingerprint density at radius 3 is 2.78 bits per heavy atom. The molecule has 0 bridgehead atoms. The molecule has 0 saturated carbocycles. The largest absolute Gasteiger partial charge is 0.493 e. The van der Waals surface area contributed by atoms with E-state index < -0.39 is 0 Å². The molecule has 1 aromatic heterocycles. The Labute approximate surface area is 136 Å². The Kier molecular flexibility index (Phi) is 4.81. The topological polar surface area (TPSA) is 60.6 Å². The van der Waals surface area contributed by atoms with Gasteiger partial charge in [-0.25, -0.2) is 0 Å². The van der Waals surface area contributed by atoms with Gasteiger partial charge in [0.15, 0.2) is 17.3 Å². The Hall–Kier alpha value is -2.08. The SMILES string of the molecule is CCc1noc(CN2CCC[C@@H]2c2ccc(OC)c(OC)c2)n1. The van der Waals surface area contributed by atoms with Crippen LogP contribution in [0.5, 0.6) is 11.5 Å². The van der Waals surface area contributed by atoms with Crippen molar-refractivity contribution in [1.29, 1.82) is 0 Å². The summed E-state index contributed by atoms with van der Waals surface area (Å²) < 4.78 is 16.1. The van der Waals surface area contributed by atoms with Crippen molar-refractivity contribution in [3.63, 3.8) is 0 Å². The first-order valence-electron chi connectivity index (χ1n) is 8.02. The third-order valence-electron chi connectivity index (χ3n) is 4.32. The number of hydrogen-bond acceptors (Lipinski definition) is 6. The molecule has 1 saturated heterocycles. The van der Waals surface area contributed by atoms with Crippen LogP contribution in [0.1, 0.15) is 43.1 Å². The van der Waals surface area contributed by atoms with Gasteiger partial charge in [0, 0.05) is 12.5 Å². The predicted molar refractivity (Wildman–Crippen MR) is 85.6 cm³/mol. The summed E-state index contributed by atoms with van der Waals surface area (Å²) in [5.41, 5.74) is 1.23. The quantitative estimate of drug-likeness (QED) is 0.816. The highest BCUT2D eigenvalue weighted by Crippen LogP contribution is 2.37. The fraction of sp³-hybridized carbons (Fsp3) is 0.529. The van der Waals surface area contributed by atoms with E-state index in [4.69, 9.17) is 14.0 Å². The molecule has 1 aromatic carbocycles. The van der Waals surface area contributed by atoms with Crippen molar-refractivity contribution in [2.24, 2.45) is 0 Å². The zero-order valence-corrected chi connectivity index (χ0v) is 13.9. The lowest BCUT2D eigenvalue weighted by molar-refractivity contribution is 0.212. The first-order chi connectivity index (χ1) is 11.2. The van der Waals surface area contributed by atoms with Gasteiger partial charge in [0.05, 0.1) is 20.8 Å². The predicted octanol–water partition coefficient (Wildman–Crippen LogP) is 2.99. The first-order valence-corrected chi connectivity index (χ1v) is 8.02. The lowest BCUT2D eigenvalue weighted by atomic mass is 10.0. The highest BCUT2D eigenvalue weighted by Gasteiger charge is 2.28. The molecule has 2 heterocycles. The molecule has 0 amide bonds. The lowest BCUT2D eigenvalue weighted by Crippen LogP contribution is -2.23. The molecule has 0 aliphatic carbocycles. The van der Waals surface area contributed by atoms with Crippen LogP contribution in [0.2, 0.25) is 0 Å². The monoisotopic (exact) mass is 317 g/mol. The Balaban J connectivity index is 1.78. The molecule has 0 unspecified atom stereocenters. The zero-order valence-electron chi connectivity index (χ0n) is 13.9. The normalized spacial score (nSPS) is 18.3. The van der Waals surface area contributed by atoms with Crippen molar-refractivity contribution in [1.82, 2.24) is 15.0 Å². The molecule has 1 atom stereocenters. The van der Waals surface area contributed by atoms with Gasteiger partial charge in [0.2, 0.25) is 5.89 Å². The van der Waals surface area contributed by atoms with E-state index in [1.165, 1.54) is 5.56 Å². The number of nitrogens with zero attached hydrogens (tertiary/aromatic N) is 3. The van der Waals surface area contributed by atoms with Crippen molar-refractivity contribution in [3.8, 4) is 11.5 Å². The Morgan fingerprint density at radius 2 is 2.09 bits per heavy atom. The molecule has 23 heavy (non-hydrogen) atoms. The molecule has 0 spiro atoms. The summed E-state index contributed by atoms with van der Waals surface area (Å²) in [7, 11) is 3.32. The molecule has 2 aromatic rings. The summed E-state index contributed by atoms with van der Waals surface area (Å²) >= 11 is 0. The summed E-state index contributed by atoms with van der Waals surface area (Å²) in [6.07, 6.45) is 3.07. The molecule has 6 nitrogen and oxygen atoms in total. The summed E-state index contributed by atoms with van der Waals surface area (Å²) in [5, 5.41) is 3.98. The van der Waals surface area contributed by atoms with E-state index in [0.29, 0.717) is 18.5 Å². The second-order valence-electron chi connectivity index (χ2n) is 5.70. The van der Waals surface area contributed by atoms with Gasteiger partial charge in [-0.15, -0.1) is 0 Å². The maximum Gasteiger partial charge on any atom is 0.240 e. The van der Waals surface area contributed by atoms with E-state index in [2.05, 4.69) is 27.2 Å². The van der Waals surface area contributed by atoms with Crippen LogP contribution < -0.4 is 9.47 Å². The van der Waals surface area contributed by atoms with E-state index in [0.717, 1.165) is 43.1 Å². The number of hydrogen-bond donors (Lipinski definition) is 0. The number of methoxy groups -OCH3 is 2. The maximum atomic E-state index is 5.42. The minimum Gasteiger partial charge on any atom is -0.493 e. The van der Waals surface area contributed by atoms with Gasteiger partial charge in [-0.3, -0.25) is 4.90 Å². The van der Waals surface area contributed by atoms with E-state index >= 15 is 0 Å². The summed E-state index contributed by atoms with van der Waals surface area (Å²) in [6, 6.07) is 6.47. The molecule has 0 radical (unpaired) electrons.